The van der Waals surface area contributed by atoms with Crippen LogP contribution < -0.4 is 10.9 Å². The van der Waals surface area contributed by atoms with E-state index in [2.05, 4.69) is 23.3 Å². The van der Waals surface area contributed by atoms with Crippen LogP contribution >= 0.6 is 34.4 Å². The number of nitriles is 1. The first-order valence-corrected chi connectivity index (χ1v) is 11.5. The van der Waals surface area contributed by atoms with Crippen molar-refractivity contribution in [3.63, 3.8) is 0 Å². The summed E-state index contributed by atoms with van der Waals surface area (Å²) in [5.74, 6) is -0.102. The predicted molar refractivity (Wildman–Crippen MR) is 117 cm³/mol. The van der Waals surface area contributed by atoms with E-state index in [-0.39, 0.29) is 17.2 Å². The van der Waals surface area contributed by atoms with Crippen LogP contribution in [0.4, 0.5) is 5.00 Å². The molecule has 0 saturated heterocycles. The number of aryl methyl sites for hydroxylation is 2. The van der Waals surface area contributed by atoms with Crippen molar-refractivity contribution >= 4 is 55.6 Å². The average Bonchev–Trinajstić information content (AvgIpc) is 3.23. The van der Waals surface area contributed by atoms with E-state index in [4.69, 9.17) is 5.26 Å². The van der Waals surface area contributed by atoms with Gasteiger partial charge in [0.05, 0.1) is 16.7 Å². The molecule has 146 valence electrons. The van der Waals surface area contributed by atoms with Gasteiger partial charge in [-0.1, -0.05) is 25.1 Å². The van der Waals surface area contributed by atoms with Gasteiger partial charge in [0.15, 0.2) is 5.16 Å². The summed E-state index contributed by atoms with van der Waals surface area (Å²) in [7, 11) is 0. The van der Waals surface area contributed by atoms with E-state index in [0.29, 0.717) is 27.7 Å². The van der Waals surface area contributed by atoms with Gasteiger partial charge in [-0.25, -0.2) is 4.98 Å². The van der Waals surface area contributed by atoms with Crippen molar-refractivity contribution in [3.8, 4) is 6.07 Å². The number of carbonyl (C=O) groups is 1. The Bertz CT molecular complexity index is 1120. The molecule has 0 radical (unpaired) electrons. The summed E-state index contributed by atoms with van der Waals surface area (Å²) in [4.78, 5) is 31.9. The third-order valence-corrected chi connectivity index (χ3v) is 7.27. The fraction of sp³-hybridized carbons (Fsp3) is 0.368. The standard InChI is InChI=1S/C19H20N4O2S3/c1-4-5-7-23-18(25)15-11(2)12(3)28-17(15)22-19(23)27-10-14(24)21-16-13(9-20)6-8-26-16/h6,8H,4-5,7,10H2,1-3H3,(H,21,24). The lowest BCUT2D eigenvalue weighted by atomic mass is 10.2. The monoisotopic (exact) mass is 432 g/mol. The summed E-state index contributed by atoms with van der Waals surface area (Å²) in [5.41, 5.74) is 1.40. The number of hydrogen-bond donors (Lipinski definition) is 1. The molecule has 0 atom stereocenters. The van der Waals surface area contributed by atoms with Crippen LogP contribution in [0.3, 0.4) is 0 Å². The predicted octanol–water partition coefficient (Wildman–Crippen LogP) is 4.54. The highest BCUT2D eigenvalue weighted by molar-refractivity contribution is 7.99. The van der Waals surface area contributed by atoms with Gasteiger partial charge in [0.2, 0.25) is 5.91 Å². The molecule has 0 aliphatic rings. The van der Waals surface area contributed by atoms with Crippen molar-refractivity contribution in [2.24, 2.45) is 0 Å². The zero-order valence-corrected chi connectivity index (χ0v) is 18.3. The Kier molecular flexibility index (Phi) is 6.54. The molecule has 0 aliphatic carbocycles. The number of thiophene rings is 2. The number of aromatic nitrogens is 2. The lowest BCUT2D eigenvalue weighted by Gasteiger charge is -2.11. The van der Waals surface area contributed by atoms with Crippen LogP contribution in [0.5, 0.6) is 0 Å². The minimum atomic E-state index is -0.223. The van der Waals surface area contributed by atoms with Crippen LogP contribution in [-0.4, -0.2) is 21.2 Å². The number of rotatable bonds is 7. The second kappa shape index (κ2) is 8.90. The summed E-state index contributed by atoms with van der Waals surface area (Å²) < 4.78 is 1.69. The van der Waals surface area contributed by atoms with Gasteiger partial charge in [-0.05, 0) is 37.3 Å². The summed E-state index contributed by atoms with van der Waals surface area (Å²) >= 11 is 4.08. The number of carbonyl (C=O) groups excluding carboxylic acids is 1. The maximum atomic E-state index is 13.1. The number of nitrogens with zero attached hydrogens (tertiary/aromatic N) is 3. The summed E-state index contributed by atoms with van der Waals surface area (Å²) in [6, 6.07) is 3.73. The highest BCUT2D eigenvalue weighted by atomic mass is 32.2. The zero-order valence-electron chi connectivity index (χ0n) is 15.9. The van der Waals surface area contributed by atoms with E-state index in [1.807, 2.05) is 13.8 Å². The molecule has 0 spiro atoms. The quantitative estimate of drug-likeness (QED) is 0.437. The van der Waals surface area contributed by atoms with Crippen molar-refractivity contribution < 1.29 is 4.79 Å². The van der Waals surface area contributed by atoms with Crippen LogP contribution in [0.2, 0.25) is 0 Å². The number of nitrogens with one attached hydrogen (secondary N) is 1. The van der Waals surface area contributed by atoms with Crippen molar-refractivity contribution in [1.29, 1.82) is 5.26 Å². The molecule has 0 saturated carbocycles. The smallest absolute Gasteiger partial charge is 0.263 e. The third-order valence-electron chi connectivity index (χ3n) is 4.36. The van der Waals surface area contributed by atoms with Crippen LogP contribution in [0, 0.1) is 25.2 Å². The van der Waals surface area contributed by atoms with E-state index in [0.717, 1.165) is 28.1 Å². The minimum absolute atomic E-state index is 0.0340. The molecule has 0 aromatic carbocycles. The lowest BCUT2D eigenvalue weighted by Crippen LogP contribution is -2.24. The molecule has 3 heterocycles. The maximum Gasteiger partial charge on any atom is 0.263 e. The van der Waals surface area contributed by atoms with Crippen molar-refractivity contribution in [1.82, 2.24) is 9.55 Å². The van der Waals surface area contributed by atoms with Gasteiger partial charge in [-0.3, -0.25) is 14.2 Å². The van der Waals surface area contributed by atoms with Crippen molar-refractivity contribution in [2.75, 3.05) is 11.1 Å². The van der Waals surface area contributed by atoms with E-state index in [9.17, 15) is 9.59 Å². The van der Waals surface area contributed by atoms with Crippen molar-refractivity contribution in [2.45, 2.75) is 45.3 Å². The van der Waals surface area contributed by atoms with Crippen molar-refractivity contribution in [3.05, 3.63) is 37.8 Å². The Balaban J connectivity index is 1.86. The fourth-order valence-electron chi connectivity index (χ4n) is 2.72. The number of anilines is 1. The molecule has 0 fully saturated rings. The third kappa shape index (κ3) is 4.14. The van der Waals surface area contributed by atoms with Gasteiger partial charge in [0.1, 0.15) is 15.9 Å². The Hall–Kier alpha value is -2.15. The molecule has 3 aromatic heterocycles. The summed E-state index contributed by atoms with van der Waals surface area (Å²) in [5, 5.41) is 15.4. The van der Waals surface area contributed by atoms with Crippen LogP contribution in [0.15, 0.2) is 21.4 Å². The molecule has 0 aliphatic heterocycles. The Morgan fingerprint density at radius 3 is 2.93 bits per heavy atom. The zero-order chi connectivity index (χ0) is 20.3. The van der Waals surface area contributed by atoms with E-state index in [1.165, 1.54) is 34.4 Å². The van der Waals surface area contributed by atoms with Gasteiger partial charge < -0.3 is 5.32 Å². The number of thioether (sulfide) groups is 1. The lowest BCUT2D eigenvalue weighted by molar-refractivity contribution is -0.113. The summed E-state index contributed by atoms with van der Waals surface area (Å²) in [6.45, 7) is 6.60. The number of amides is 1. The SMILES string of the molecule is CCCCn1c(SCC(=O)Nc2sccc2C#N)nc2sc(C)c(C)c2c1=O. The second-order valence-corrected chi connectivity index (χ2v) is 9.34. The molecule has 0 bridgehead atoms. The molecule has 3 rings (SSSR count). The normalized spacial score (nSPS) is 10.9. The fourth-order valence-corrected chi connectivity index (χ4v) is 5.37. The number of unbranched alkanes of at least 4 members (excludes halogenated alkanes) is 1. The molecule has 9 heteroatoms. The number of fused-ring (bicyclic) bond motifs is 1. The Morgan fingerprint density at radius 2 is 2.21 bits per heavy atom. The Labute approximate surface area is 175 Å². The van der Waals surface area contributed by atoms with Gasteiger partial charge in [0.25, 0.3) is 5.56 Å². The molecule has 1 N–H and O–H groups in total. The first kappa shape index (κ1) is 20.6. The van der Waals surface area contributed by atoms with Gasteiger partial charge in [-0.15, -0.1) is 22.7 Å². The highest BCUT2D eigenvalue weighted by Gasteiger charge is 2.18. The summed E-state index contributed by atoms with van der Waals surface area (Å²) in [6.07, 6.45) is 1.84. The van der Waals surface area contributed by atoms with Crippen LogP contribution in [0.1, 0.15) is 35.8 Å². The van der Waals surface area contributed by atoms with Crippen LogP contribution in [0.25, 0.3) is 10.2 Å². The van der Waals surface area contributed by atoms with Gasteiger partial charge in [0, 0.05) is 11.4 Å². The maximum absolute atomic E-state index is 13.1. The molecule has 3 aromatic rings. The molecule has 6 nitrogen and oxygen atoms in total. The van der Waals surface area contributed by atoms with E-state index in [1.54, 1.807) is 16.0 Å². The molecular formula is C19H20N4O2S3. The minimum Gasteiger partial charge on any atom is -0.316 e. The van der Waals surface area contributed by atoms with Crippen LogP contribution in [-0.2, 0) is 11.3 Å². The van der Waals surface area contributed by atoms with E-state index < -0.39 is 0 Å². The molecule has 28 heavy (non-hydrogen) atoms. The Morgan fingerprint density at radius 1 is 1.43 bits per heavy atom. The van der Waals surface area contributed by atoms with Gasteiger partial charge >= 0.3 is 0 Å². The molecule has 0 unspecified atom stereocenters. The molecular weight excluding hydrogens is 412 g/mol. The average molecular weight is 433 g/mol. The first-order chi connectivity index (χ1) is 13.5. The largest absolute Gasteiger partial charge is 0.316 e. The first-order valence-electron chi connectivity index (χ1n) is 8.87. The van der Waals surface area contributed by atoms with Gasteiger partial charge in [-0.2, -0.15) is 5.26 Å². The van der Waals surface area contributed by atoms with E-state index >= 15 is 0 Å². The topological polar surface area (TPSA) is 87.8 Å². The highest BCUT2D eigenvalue weighted by Crippen LogP contribution is 2.29. The number of hydrogen-bond acceptors (Lipinski definition) is 7. The molecule has 1 amide bonds. The second-order valence-electron chi connectivity index (χ2n) is 6.28.